The summed E-state index contributed by atoms with van der Waals surface area (Å²) < 4.78 is 5.18. The van der Waals surface area contributed by atoms with E-state index in [1.165, 1.54) is 0 Å². The van der Waals surface area contributed by atoms with Gasteiger partial charge in [0.2, 0.25) is 0 Å². The summed E-state index contributed by atoms with van der Waals surface area (Å²) in [5.74, 6) is 0. The first-order chi connectivity index (χ1) is 7.78. The zero-order valence-electron chi connectivity index (χ0n) is 10.6. The lowest BCUT2D eigenvalue weighted by Gasteiger charge is -2.19. The number of carbonyl (C=O) groups excluding carboxylic acids is 1. The van der Waals surface area contributed by atoms with Crippen molar-refractivity contribution in [2.24, 2.45) is 0 Å². The maximum absolute atomic E-state index is 11.6. The van der Waals surface area contributed by atoms with Crippen LogP contribution in [0.15, 0.2) is 24.3 Å². The second-order valence-electron chi connectivity index (χ2n) is 4.87. The van der Waals surface area contributed by atoms with Crippen LogP contribution in [0.25, 0.3) is 0 Å². The lowest BCUT2D eigenvalue weighted by atomic mass is 10.1. The average molecular weight is 300 g/mol. The number of rotatable bonds is 2. The van der Waals surface area contributed by atoms with Gasteiger partial charge in [-0.3, -0.25) is 5.32 Å². The fourth-order valence-corrected chi connectivity index (χ4v) is 1.57. The lowest BCUT2D eigenvalue weighted by Crippen LogP contribution is -2.27. The largest absolute Gasteiger partial charge is 0.444 e. The maximum Gasteiger partial charge on any atom is 0.412 e. The van der Waals surface area contributed by atoms with Crippen molar-refractivity contribution in [1.29, 1.82) is 0 Å². The van der Waals surface area contributed by atoms with E-state index in [1.54, 1.807) is 0 Å². The number of alkyl halides is 1. The van der Waals surface area contributed by atoms with Gasteiger partial charge in [0.15, 0.2) is 0 Å². The lowest BCUT2D eigenvalue weighted by molar-refractivity contribution is 0.0636. The Labute approximate surface area is 111 Å². The number of hydrogen-bond donors (Lipinski definition) is 1. The van der Waals surface area contributed by atoms with E-state index in [4.69, 9.17) is 4.74 Å². The molecule has 4 heteroatoms. The van der Waals surface area contributed by atoms with Crippen LogP contribution in [0.5, 0.6) is 0 Å². The Kier molecular flexibility index (Phi) is 4.57. The highest BCUT2D eigenvalue weighted by molar-refractivity contribution is 9.09. The second kappa shape index (κ2) is 5.54. The molecule has 0 saturated carbocycles. The summed E-state index contributed by atoms with van der Waals surface area (Å²) in [5.41, 5.74) is 1.37. The molecule has 0 heterocycles. The molecule has 1 atom stereocenters. The van der Waals surface area contributed by atoms with Crippen LogP contribution in [0.2, 0.25) is 0 Å². The number of anilines is 1. The molecule has 1 rings (SSSR count). The molecule has 0 saturated heterocycles. The zero-order valence-corrected chi connectivity index (χ0v) is 12.2. The number of hydrogen-bond acceptors (Lipinski definition) is 2. The molecule has 94 valence electrons. The molecule has 0 aliphatic carbocycles. The first-order valence-electron chi connectivity index (χ1n) is 5.52. The van der Waals surface area contributed by atoms with Gasteiger partial charge in [-0.25, -0.2) is 4.79 Å². The van der Waals surface area contributed by atoms with Crippen LogP contribution in [0.1, 0.15) is 38.1 Å². The van der Waals surface area contributed by atoms with Gasteiger partial charge in [-0.2, -0.15) is 0 Å². The fourth-order valence-electron chi connectivity index (χ4n) is 1.29. The first-order valence-corrected chi connectivity index (χ1v) is 6.43. The van der Waals surface area contributed by atoms with Gasteiger partial charge >= 0.3 is 6.09 Å². The van der Waals surface area contributed by atoms with Crippen molar-refractivity contribution in [3.63, 3.8) is 0 Å². The Morgan fingerprint density at radius 1 is 1.41 bits per heavy atom. The van der Waals surface area contributed by atoms with Gasteiger partial charge in [-0.05, 0) is 45.4 Å². The number of carbonyl (C=O) groups is 1. The highest BCUT2D eigenvalue weighted by Gasteiger charge is 2.16. The SMILES string of the molecule is C[C@H](Br)c1cccc(NC(=O)OC(C)(C)C)c1. The van der Waals surface area contributed by atoms with Crippen LogP contribution in [0.4, 0.5) is 10.5 Å². The number of halogens is 1. The number of nitrogens with one attached hydrogen (secondary N) is 1. The van der Waals surface area contributed by atoms with Crippen LogP contribution in [0, 0.1) is 0 Å². The molecule has 0 fully saturated rings. The monoisotopic (exact) mass is 299 g/mol. The minimum absolute atomic E-state index is 0.253. The van der Waals surface area contributed by atoms with Crippen molar-refractivity contribution in [1.82, 2.24) is 0 Å². The van der Waals surface area contributed by atoms with Crippen LogP contribution in [-0.4, -0.2) is 11.7 Å². The smallest absolute Gasteiger partial charge is 0.412 e. The van der Waals surface area contributed by atoms with Crippen molar-refractivity contribution < 1.29 is 9.53 Å². The Morgan fingerprint density at radius 3 is 2.59 bits per heavy atom. The van der Waals surface area contributed by atoms with Gasteiger partial charge in [0.25, 0.3) is 0 Å². The molecular formula is C13H18BrNO2. The Bertz CT molecular complexity index is 397. The summed E-state index contributed by atoms with van der Waals surface area (Å²) in [5, 5.41) is 2.71. The Hall–Kier alpha value is -1.03. The third-order valence-corrected chi connectivity index (χ3v) is 2.52. The molecule has 17 heavy (non-hydrogen) atoms. The molecule has 1 amide bonds. The summed E-state index contributed by atoms with van der Waals surface area (Å²) in [4.78, 5) is 11.8. The minimum Gasteiger partial charge on any atom is -0.444 e. The van der Waals surface area contributed by atoms with E-state index in [0.29, 0.717) is 0 Å². The molecule has 0 aliphatic rings. The molecule has 0 radical (unpaired) electrons. The third-order valence-electron chi connectivity index (χ3n) is 1.99. The predicted molar refractivity (Wildman–Crippen MR) is 73.6 cm³/mol. The highest BCUT2D eigenvalue weighted by Crippen LogP contribution is 2.24. The summed E-state index contributed by atoms with van der Waals surface area (Å²) in [6.07, 6.45) is -0.433. The van der Waals surface area contributed by atoms with E-state index in [9.17, 15) is 4.79 Å². The molecule has 1 aromatic rings. The van der Waals surface area contributed by atoms with Gasteiger partial charge in [-0.15, -0.1) is 0 Å². The van der Waals surface area contributed by atoms with Crippen molar-refractivity contribution in [3.05, 3.63) is 29.8 Å². The van der Waals surface area contributed by atoms with Crippen LogP contribution < -0.4 is 5.32 Å². The average Bonchev–Trinajstić information content (AvgIpc) is 2.14. The van der Waals surface area contributed by atoms with Crippen LogP contribution in [0.3, 0.4) is 0 Å². The van der Waals surface area contributed by atoms with Crippen molar-refractivity contribution in [3.8, 4) is 0 Å². The van der Waals surface area contributed by atoms with Crippen LogP contribution in [-0.2, 0) is 4.74 Å². The van der Waals surface area contributed by atoms with E-state index in [1.807, 2.05) is 52.0 Å². The molecule has 0 unspecified atom stereocenters. The van der Waals surface area contributed by atoms with E-state index < -0.39 is 11.7 Å². The van der Waals surface area contributed by atoms with E-state index in [0.717, 1.165) is 11.3 Å². The molecule has 1 N–H and O–H groups in total. The number of amides is 1. The molecule has 0 spiro atoms. The van der Waals surface area contributed by atoms with Gasteiger partial charge < -0.3 is 4.74 Å². The van der Waals surface area contributed by atoms with Crippen molar-refractivity contribution in [2.75, 3.05) is 5.32 Å². The zero-order chi connectivity index (χ0) is 13.1. The number of benzene rings is 1. The summed E-state index contributed by atoms with van der Waals surface area (Å²) in [7, 11) is 0. The first kappa shape index (κ1) is 14.0. The quantitative estimate of drug-likeness (QED) is 0.817. The van der Waals surface area contributed by atoms with Gasteiger partial charge in [0.05, 0.1) is 0 Å². The molecule has 0 aromatic heterocycles. The van der Waals surface area contributed by atoms with Crippen LogP contribution >= 0.6 is 15.9 Å². The van der Waals surface area contributed by atoms with Gasteiger partial charge in [0, 0.05) is 10.5 Å². The second-order valence-corrected chi connectivity index (χ2v) is 6.24. The minimum atomic E-state index is -0.482. The van der Waals surface area contributed by atoms with E-state index >= 15 is 0 Å². The highest BCUT2D eigenvalue weighted by atomic mass is 79.9. The van der Waals surface area contributed by atoms with Crippen molar-refractivity contribution >= 4 is 27.7 Å². The standard InChI is InChI=1S/C13H18BrNO2/c1-9(14)10-6-5-7-11(8-10)15-12(16)17-13(2,3)4/h5-9H,1-4H3,(H,15,16)/t9-/m0/s1. The summed E-state index contributed by atoms with van der Waals surface area (Å²) in [6.45, 7) is 7.54. The van der Waals surface area contributed by atoms with Crippen molar-refractivity contribution in [2.45, 2.75) is 38.1 Å². The summed E-state index contributed by atoms with van der Waals surface area (Å²) in [6, 6.07) is 7.66. The topological polar surface area (TPSA) is 38.3 Å². The van der Waals surface area contributed by atoms with Gasteiger partial charge in [-0.1, -0.05) is 28.1 Å². The van der Waals surface area contributed by atoms with E-state index in [2.05, 4.69) is 21.2 Å². The Morgan fingerprint density at radius 2 is 2.06 bits per heavy atom. The molecular weight excluding hydrogens is 282 g/mol. The normalized spacial score (nSPS) is 13.0. The fraction of sp³-hybridized carbons (Fsp3) is 0.462. The summed E-state index contributed by atoms with van der Waals surface area (Å²) >= 11 is 3.49. The van der Waals surface area contributed by atoms with E-state index in [-0.39, 0.29) is 4.83 Å². The third kappa shape index (κ3) is 5.22. The maximum atomic E-state index is 11.6. The van der Waals surface area contributed by atoms with Gasteiger partial charge in [0.1, 0.15) is 5.60 Å². The molecule has 0 aliphatic heterocycles. The Balaban J connectivity index is 2.69. The molecule has 3 nitrogen and oxygen atoms in total. The molecule has 0 bridgehead atoms. The molecule has 1 aromatic carbocycles. The number of ether oxygens (including phenoxy) is 1. The predicted octanol–water partition coefficient (Wildman–Crippen LogP) is 4.49.